The third-order valence-electron chi connectivity index (χ3n) is 3.71. The molecule has 0 spiro atoms. The fourth-order valence-electron chi connectivity index (χ4n) is 2.40. The maximum Gasteiger partial charge on any atom is 0.322 e. The molecule has 0 unspecified atom stereocenters. The normalized spacial score (nSPS) is 9.96. The second-order valence-corrected chi connectivity index (χ2v) is 5.62. The first kappa shape index (κ1) is 17.1. The summed E-state index contributed by atoms with van der Waals surface area (Å²) >= 11 is 0. The quantitative estimate of drug-likeness (QED) is 0.767. The molecule has 2 heterocycles. The first-order valence-corrected chi connectivity index (χ1v) is 8.10. The molecule has 0 aliphatic carbocycles. The van der Waals surface area contributed by atoms with Crippen molar-refractivity contribution in [2.24, 2.45) is 0 Å². The Morgan fingerprint density at radius 3 is 1.96 bits per heavy atom. The zero-order chi connectivity index (χ0) is 18.2. The molecule has 0 fully saturated rings. The van der Waals surface area contributed by atoms with Crippen molar-refractivity contribution in [2.45, 2.75) is 13.1 Å². The van der Waals surface area contributed by atoms with Crippen LogP contribution in [0.5, 0.6) is 0 Å². The average Bonchev–Trinajstić information content (AvgIpc) is 2.69. The largest absolute Gasteiger partial charge is 0.322 e. The van der Waals surface area contributed by atoms with Gasteiger partial charge in [-0.1, -0.05) is 12.1 Å². The molecule has 0 bridgehead atoms. The molecule has 2 amide bonds. The van der Waals surface area contributed by atoms with Crippen LogP contribution >= 0.6 is 0 Å². The zero-order valence-electron chi connectivity index (χ0n) is 14.0. The van der Waals surface area contributed by atoms with Crippen molar-refractivity contribution in [2.75, 3.05) is 5.32 Å². The fraction of sp³-hybridized carbons (Fsp3) is 0.100. The molecule has 2 aromatic heterocycles. The van der Waals surface area contributed by atoms with Gasteiger partial charge < -0.3 is 10.2 Å². The minimum Gasteiger partial charge on any atom is -0.313 e. The van der Waals surface area contributed by atoms with E-state index >= 15 is 0 Å². The SMILES string of the molecule is N#Cc1ccc(NC(=O)N(Cc2ccccn2)Cc2ccccn2)cc1. The van der Waals surface area contributed by atoms with Gasteiger partial charge in [0, 0.05) is 18.1 Å². The Bertz CT molecular complexity index is 847. The maximum absolute atomic E-state index is 12.8. The Labute approximate surface area is 151 Å². The number of benzene rings is 1. The number of amides is 2. The lowest BCUT2D eigenvalue weighted by Crippen LogP contribution is -2.34. The predicted molar refractivity (Wildman–Crippen MR) is 97.9 cm³/mol. The van der Waals surface area contributed by atoms with Crippen molar-refractivity contribution >= 4 is 11.7 Å². The standard InChI is InChI=1S/C20H17N5O/c21-13-16-7-9-17(10-8-16)24-20(26)25(14-18-5-1-3-11-22-18)15-19-6-2-4-12-23-19/h1-12H,14-15H2,(H,24,26). The van der Waals surface area contributed by atoms with Crippen molar-refractivity contribution in [1.82, 2.24) is 14.9 Å². The lowest BCUT2D eigenvalue weighted by Gasteiger charge is -2.22. The van der Waals surface area contributed by atoms with E-state index in [1.54, 1.807) is 41.6 Å². The van der Waals surface area contributed by atoms with Crippen LogP contribution in [0.4, 0.5) is 10.5 Å². The van der Waals surface area contributed by atoms with Crippen molar-refractivity contribution in [3.8, 4) is 6.07 Å². The molecular weight excluding hydrogens is 326 g/mol. The predicted octanol–water partition coefficient (Wildman–Crippen LogP) is 3.58. The Kier molecular flexibility index (Phi) is 5.53. The molecule has 6 heteroatoms. The number of hydrogen-bond donors (Lipinski definition) is 1. The molecule has 1 N–H and O–H groups in total. The first-order chi connectivity index (χ1) is 12.7. The van der Waals surface area contributed by atoms with Crippen LogP contribution in [-0.2, 0) is 13.1 Å². The van der Waals surface area contributed by atoms with Gasteiger partial charge in [-0.2, -0.15) is 5.26 Å². The van der Waals surface area contributed by atoms with E-state index < -0.39 is 0 Å². The van der Waals surface area contributed by atoms with Crippen LogP contribution in [0.2, 0.25) is 0 Å². The van der Waals surface area contributed by atoms with Crippen LogP contribution in [0.3, 0.4) is 0 Å². The van der Waals surface area contributed by atoms with Crippen LogP contribution in [0.25, 0.3) is 0 Å². The van der Waals surface area contributed by atoms with Gasteiger partial charge in [0.15, 0.2) is 0 Å². The van der Waals surface area contributed by atoms with Crippen LogP contribution in [-0.4, -0.2) is 20.9 Å². The molecule has 6 nitrogen and oxygen atoms in total. The second-order valence-electron chi connectivity index (χ2n) is 5.62. The van der Waals surface area contributed by atoms with Gasteiger partial charge in [0.1, 0.15) is 0 Å². The van der Waals surface area contributed by atoms with E-state index in [2.05, 4.69) is 21.4 Å². The number of urea groups is 1. The molecule has 1 aromatic carbocycles. The maximum atomic E-state index is 12.8. The molecule has 0 radical (unpaired) electrons. The summed E-state index contributed by atoms with van der Waals surface area (Å²) in [5, 5.41) is 11.7. The highest BCUT2D eigenvalue weighted by Crippen LogP contribution is 2.13. The summed E-state index contributed by atoms with van der Waals surface area (Å²) in [5.74, 6) is 0. The third-order valence-corrected chi connectivity index (χ3v) is 3.71. The number of rotatable bonds is 5. The lowest BCUT2D eigenvalue weighted by molar-refractivity contribution is 0.205. The number of anilines is 1. The van der Waals surface area contributed by atoms with E-state index in [4.69, 9.17) is 5.26 Å². The summed E-state index contributed by atoms with van der Waals surface area (Å²) in [4.78, 5) is 23.0. The van der Waals surface area contributed by atoms with Crippen LogP contribution in [0, 0.1) is 11.3 Å². The van der Waals surface area contributed by atoms with Gasteiger partial charge in [0.2, 0.25) is 0 Å². The smallest absolute Gasteiger partial charge is 0.313 e. The molecule has 0 saturated heterocycles. The van der Waals surface area contributed by atoms with Crippen LogP contribution < -0.4 is 5.32 Å². The van der Waals surface area contributed by atoms with E-state index in [-0.39, 0.29) is 6.03 Å². The summed E-state index contributed by atoms with van der Waals surface area (Å²) in [6, 6.07) is 19.7. The van der Waals surface area contributed by atoms with Gasteiger partial charge in [-0.25, -0.2) is 4.79 Å². The molecule has 0 aliphatic heterocycles. The molecule has 0 saturated carbocycles. The molecule has 0 aliphatic rings. The zero-order valence-corrected chi connectivity index (χ0v) is 14.0. The summed E-state index contributed by atoms with van der Waals surface area (Å²) in [5.41, 5.74) is 2.75. The minimum atomic E-state index is -0.258. The molecule has 26 heavy (non-hydrogen) atoms. The summed E-state index contributed by atoms with van der Waals surface area (Å²) in [6.07, 6.45) is 3.40. The Hall–Kier alpha value is -3.72. The molecule has 3 rings (SSSR count). The van der Waals surface area contributed by atoms with E-state index in [9.17, 15) is 4.79 Å². The highest BCUT2D eigenvalue weighted by atomic mass is 16.2. The summed E-state index contributed by atoms with van der Waals surface area (Å²) in [7, 11) is 0. The molecule has 3 aromatic rings. The number of nitriles is 1. The number of carbonyl (C=O) groups is 1. The Morgan fingerprint density at radius 2 is 1.50 bits per heavy atom. The number of pyridine rings is 2. The number of aromatic nitrogens is 2. The van der Waals surface area contributed by atoms with Gasteiger partial charge in [0.25, 0.3) is 0 Å². The first-order valence-electron chi connectivity index (χ1n) is 8.10. The number of carbonyl (C=O) groups excluding carboxylic acids is 1. The van der Waals surface area contributed by atoms with E-state index in [1.807, 2.05) is 36.4 Å². The fourth-order valence-corrected chi connectivity index (χ4v) is 2.40. The number of hydrogen-bond acceptors (Lipinski definition) is 4. The molecule has 0 atom stereocenters. The van der Waals surface area contributed by atoms with Crippen LogP contribution in [0.1, 0.15) is 17.0 Å². The molecule has 128 valence electrons. The van der Waals surface area contributed by atoms with Gasteiger partial charge in [-0.05, 0) is 48.5 Å². The third kappa shape index (κ3) is 4.65. The summed E-state index contributed by atoms with van der Waals surface area (Å²) in [6.45, 7) is 0.721. The van der Waals surface area contributed by atoms with Crippen LogP contribution in [0.15, 0.2) is 73.1 Å². The number of nitrogens with zero attached hydrogens (tertiary/aromatic N) is 4. The van der Waals surface area contributed by atoms with Crippen molar-refractivity contribution in [3.05, 3.63) is 90.0 Å². The minimum absolute atomic E-state index is 0.258. The number of nitrogens with one attached hydrogen (secondary N) is 1. The van der Waals surface area contributed by atoms with E-state index in [0.717, 1.165) is 11.4 Å². The Balaban J connectivity index is 1.76. The van der Waals surface area contributed by atoms with Crippen molar-refractivity contribution < 1.29 is 4.79 Å². The topological polar surface area (TPSA) is 81.9 Å². The van der Waals surface area contributed by atoms with Crippen molar-refractivity contribution in [1.29, 1.82) is 5.26 Å². The Morgan fingerprint density at radius 1 is 0.923 bits per heavy atom. The van der Waals surface area contributed by atoms with E-state index in [1.165, 1.54) is 0 Å². The molecular formula is C20H17N5O. The second kappa shape index (κ2) is 8.40. The van der Waals surface area contributed by atoms with Gasteiger partial charge in [0.05, 0.1) is 36.1 Å². The van der Waals surface area contributed by atoms with Crippen molar-refractivity contribution in [3.63, 3.8) is 0 Å². The lowest BCUT2D eigenvalue weighted by atomic mass is 10.2. The van der Waals surface area contributed by atoms with E-state index in [0.29, 0.717) is 24.3 Å². The summed E-state index contributed by atoms with van der Waals surface area (Å²) < 4.78 is 0. The monoisotopic (exact) mass is 343 g/mol. The highest BCUT2D eigenvalue weighted by molar-refractivity contribution is 5.89. The van der Waals surface area contributed by atoms with Gasteiger partial charge >= 0.3 is 6.03 Å². The highest BCUT2D eigenvalue weighted by Gasteiger charge is 2.16. The van der Waals surface area contributed by atoms with Gasteiger partial charge in [-0.15, -0.1) is 0 Å². The average molecular weight is 343 g/mol. The van der Waals surface area contributed by atoms with Gasteiger partial charge in [-0.3, -0.25) is 9.97 Å².